The summed E-state index contributed by atoms with van der Waals surface area (Å²) in [6.45, 7) is 6.26. The second kappa shape index (κ2) is 17.5. The Bertz CT molecular complexity index is 263. The van der Waals surface area contributed by atoms with Crippen molar-refractivity contribution in [1.82, 2.24) is 0 Å². The van der Waals surface area contributed by atoms with Crippen LogP contribution in [-0.2, 0) is 21.9 Å². The van der Waals surface area contributed by atoms with Crippen LogP contribution in [0.1, 0.15) is 6.92 Å². The van der Waals surface area contributed by atoms with Crippen molar-refractivity contribution in [1.29, 1.82) is 5.26 Å². The van der Waals surface area contributed by atoms with E-state index in [0.717, 1.165) is 0 Å². The van der Waals surface area contributed by atoms with Gasteiger partial charge in [0.2, 0.25) is 0 Å². The molecule has 0 bridgehead atoms. The molecule has 0 aromatic heterocycles. The van der Waals surface area contributed by atoms with Gasteiger partial charge in [-0.05, 0) is 5.53 Å². The van der Waals surface area contributed by atoms with Gasteiger partial charge < -0.3 is 0 Å². The van der Waals surface area contributed by atoms with Crippen molar-refractivity contribution >= 4 is 6.79 Å². The van der Waals surface area contributed by atoms with Crippen LogP contribution >= 0.6 is 0 Å². The summed E-state index contributed by atoms with van der Waals surface area (Å²) in [5.74, 6) is 0. The van der Waals surface area contributed by atoms with Crippen molar-refractivity contribution in [2.45, 2.75) is 13.0 Å². The van der Waals surface area contributed by atoms with Gasteiger partial charge in [-0.2, -0.15) is 5.26 Å². The topological polar surface area (TPSA) is 89.6 Å². The van der Waals surface area contributed by atoms with Gasteiger partial charge in [0.1, 0.15) is 0 Å². The van der Waals surface area contributed by atoms with Gasteiger partial charge in [0.25, 0.3) is 6.79 Å². The standard InChI is InChI=1S/C7H8N4.CO.Fe/c1-7(10-11-9)5-3-2-4-6-8;1-2;/h2-5,7H,1H3;;/t7-;;/m1../s1. The number of carbonyl (C=O) groups excluding carboxylic acids is 1. The monoisotopic (exact) mass is 232 g/mol. The predicted octanol–water partition coefficient (Wildman–Crippen LogP) is 1.92. The van der Waals surface area contributed by atoms with Crippen LogP contribution in [0.2, 0.25) is 0 Å². The molecule has 0 unspecified atom stereocenters. The fraction of sp³-hybridized carbons (Fsp3) is 0.250. The number of nitriles is 1. The Morgan fingerprint density at radius 2 is 2.14 bits per heavy atom. The van der Waals surface area contributed by atoms with Crippen molar-refractivity contribution in [2.24, 2.45) is 5.11 Å². The van der Waals surface area contributed by atoms with Gasteiger partial charge in [-0.15, -0.1) is 0 Å². The molecular weight excluding hydrogens is 224 g/mol. The van der Waals surface area contributed by atoms with E-state index in [1.807, 2.05) is 6.07 Å². The second-order valence-electron chi connectivity index (χ2n) is 1.82. The molecule has 6 heteroatoms. The van der Waals surface area contributed by atoms with Gasteiger partial charge in [-0.3, -0.25) is 4.79 Å². The summed E-state index contributed by atoms with van der Waals surface area (Å²) in [6.07, 6.45) is 6.30. The molecule has 2 radical (unpaired) electrons. The molecular formula is C8H8FeN4O. The van der Waals surface area contributed by atoms with Crippen LogP contribution in [0, 0.1) is 11.3 Å². The van der Waals surface area contributed by atoms with Gasteiger partial charge in [0.15, 0.2) is 0 Å². The largest absolute Gasteiger partial charge is 0.281 e. The van der Waals surface area contributed by atoms with Crippen molar-refractivity contribution in [3.8, 4) is 6.07 Å². The molecule has 14 heavy (non-hydrogen) atoms. The molecule has 5 nitrogen and oxygen atoms in total. The molecule has 0 heterocycles. The Hall–Kier alpha value is -1.53. The molecule has 0 aliphatic carbocycles. The molecule has 0 saturated carbocycles. The molecule has 0 spiro atoms. The van der Waals surface area contributed by atoms with Crippen LogP contribution in [0.25, 0.3) is 10.4 Å². The number of hydrogen-bond acceptors (Lipinski definition) is 3. The zero-order valence-corrected chi connectivity index (χ0v) is 8.54. The average molecular weight is 232 g/mol. The van der Waals surface area contributed by atoms with E-state index in [9.17, 15) is 0 Å². The fourth-order valence-corrected chi connectivity index (χ4v) is 0.443. The molecule has 0 N–H and O–H groups in total. The van der Waals surface area contributed by atoms with Gasteiger partial charge in [0.05, 0.1) is 12.1 Å². The number of nitrogens with zero attached hydrogens (tertiary/aromatic N) is 4. The maximum Gasteiger partial charge on any atom is 0.281 e. The fourth-order valence-electron chi connectivity index (χ4n) is 0.443. The van der Waals surface area contributed by atoms with Gasteiger partial charge in [0, 0.05) is 28.1 Å². The third kappa shape index (κ3) is 16.8. The van der Waals surface area contributed by atoms with E-state index in [4.69, 9.17) is 15.6 Å². The number of rotatable bonds is 3. The minimum absolute atomic E-state index is 0. The smallest absolute Gasteiger partial charge is 0.281 e. The maximum atomic E-state index is 8.08. The van der Waals surface area contributed by atoms with Crippen molar-refractivity contribution in [2.75, 3.05) is 0 Å². The summed E-state index contributed by atoms with van der Waals surface area (Å²) in [5, 5.41) is 11.5. The second-order valence-corrected chi connectivity index (χ2v) is 1.82. The third-order valence-corrected chi connectivity index (χ3v) is 0.905. The Labute approximate surface area is 93.2 Å². The van der Waals surface area contributed by atoms with Crippen LogP contribution in [0.4, 0.5) is 0 Å². The Morgan fingerprint density at radius 3 is 2.57 bits per heavy atom. The number of hydrogen-bond donors (Lipinski definition) is 0. The minimum Gasteiger partial charge on any atom is -0.281 e. The molecule has 0 saturated heterocycles. The molecule has 1 atom stereocenters. The van der Waals surface area contributed by atoms with Crippen molar-refractivity contribution in [3.05, 3.63) is 34.7 Å². The maximum absolute atomic E-state index is 8.08. The van der Waals surface area contributed by atoms with Crippen LogP contribution in [-0.4, -0.2) is 12.8 Å². The third-order valence-electron chi connectivity index (χ3n) is 0.905. The van der Waals surface area contributed by atoms with E-state index in [1.54, 1.807) is 25.2 Å². The van der Waals surface area contributed by atoms with Gasteiger partial charge >= 0.3 is 0 Å². The van der Waals surface area contributed by atoms with Crippen LogP contribution in [0.15, 0.2) is 29.4 Å². The Morgan fingerprint density at radius 1 is 1.57 bits per heavy atom. The van der Waals surface area contributed by atoms with E-state index in [-0.39, 0.29) is 23.1 Å². The molecule has 0 aliphatic rings. The molecule has 0 fully saturated rings. The van der Waals surface area contributed by atoms with Crippen molar-refractivity contribution in [3.63, 3.8) is 0 Å². The molecule has 0 aromatic rings. The van der Waals surface area contributed by atoms with E-state index in [0.29, 0.717) is 0 Å². The van der Waals surface area contributed by atoms with Crippen LogP contribution in [0.5, 0.6) is 0 Å². The normalized spacial score (nSPS) is 10.3. The molecule has 0 aliphatic heterocycles. The molecule has 74 valence electrons. The Kier molecular flexibility index (Phi) is 22.9. The van der Waals surface area contributed by atoms with Crippen LogP contribution in [0.3, 0.4) is 0 Å². The average Bonchev–Trinajstić information content (AvgIpc) is 2.16. The van der Waals surface area contributed by atoms with Crippen molar-refractivity contribution < 1.29 is 21.9 Å². The zero-order chi connectivity index (χ0) is 10.5. The summed E-state index contributed by atoms with van der Waals surface area (Å²) in [4.78, 5) is 10.1. The molecule has 0 aromatic carbocycles. The summed E-state index contributed by atoms with van der Waals surface area (Å²) < 4.78 is 0. The zero-order valence-electron chi connectivity index (χ0n) is 7.44. The number of azide groups is 1. The summed E-state index contributed by atoms with van der Waals surface area (Å²) in [5.41, 5.74) is 7.99. The van der Waals surface area contributed by atoms with E-state index in [1.165, 1.54) is 6.08 Å². The summed E-state index contributed by atoms with van der Waals surface area (Å²) >= 11 is 0. The quantitative estimate of drug-likeness (QED) is 0.186. The summed E-state index contributed by atoms with van der Waals surface area (Å²) in [7, 11) is 0. The molecule has 0 rings (SSSR count). The van der Waals surface area contributed by atoms with E-state index < -0.39 is 0 Å². The van der Waals surface area contributed by atoms with E-state index in [2.05, 4.69) is 16.8 Å². The first-order valence-electron chi connectivity index (χ1n) is 3.29. The Balaban J connectivity index is -0.000000376. The first kappa shape index (κ1) is 18.3. The number of allylic oxidation sites excluding steroid dienone is 3. The summed E-state index contributed by atoms with van der Waals surface area (Å²) in [6, 6.07) is 1.67. The van der Waals surface area contributed by atoms with Crippen LogP contribution < -0.4 is 0 Å². The predicted molar refractivity (Wildman–Crippen MR) is 48.2 cm³/mol. The molecule has 0 amide bonds. The SMILES string of the molecule is C[C@H](C=CC=CC#N)N=[N+]=[N-].[C]=O.[Fe]. The van der Waals surface area contributed by atoms with Gasteiger partial charge in [-0.1, -0.05) is 30.3 Å². The minimum atomic E-state index is -0.164. The van der Waals surface area contributed by atoms with Gasteiger partial charge in [-0.25, -0.2) is 0 Å². The first-order chi connectivity index (χ1) is 6.31. The van der Waals surface area contributed by atoms with E-state index >= 15 is 0 Å². The first-order valence-corrected chi connectivity index (χ1v) is 3.29.